The molecule has 0 fully saturated rings. The quantitative estimate of drug-likeness (QED) is 0.814. The predicted octanol–water partition coefficient (Wildman–Crippen LogP) is 1.83. The molecule has 0 heterocycles. The molecule has 2 atom stereocenters. The summed E-state index contributed by atoms with van der Waals surface area (Å²) in [5.74, 6) is 0. The van der Waals surface area contributed by atoms with Crippen molar-refractivity contribution in [3.05, 3.63) is 34.3 Å². The number of benzene rings is 1. The van der Waals surface area contributed by atoms with Gasteiger partial charge in [0.25, 0.3) is 0 Å². The van der Waals surface area contributed by atoms with Crippen LogP contribution in [0.5, 0.6) is 0 Å². The van der Waals surface area contributed by atoms with Crippen LogP contribution in [0.2, 0.25) is 0 Å². The summed E-state index contributed by atoms with van der Waals surface area (Å²) in [6.07, 6.45) is -0.571. The van der Waals surface area contributed by atoms with Crippen molar-refractivity contribution < 1.29 is 5.11 Å². The van der Waals surface area contributed by atoms with Crippen molar-refractivity contribution in [2.24, 2.45) is 5.73 Å². The summed E-state index contributed by atoms with van der Waals surface area (Å²) in [5, 5.41) is 9.55. The minimum atomic E-state index is -0.571. The third kappa shape index (κ3) is 2.30. The lowest BCUT2D eigenvalue weighted by Gasteiger charge is -2.14. The molecule has 0 saturated heterocycles. The van der Waals surface area contributed by atoms with E-state index in [1.165, 1.54) is 0 Å². The van der Waals surface area contributed by atoms with Crippen LogP contribution in [-0.2, 0) is 0 Å². The van der Waals surface area contributed by atoms with Gasteiger partial charge in [0.05, 0.1) is 6.10 Å². The maximum atomic E-state index is 9.55. The molecule has 0 spiro atoms. The van der Waals surface area contributed by atoms with Gasteiger partial charge in [-0.25, -0.2) is 0 Å². The van der Waals surface area contributed by atoms with Crippen LogP contribution in [-0.4, -0.2) is 11.1 Å². The molecule has 3 heteroatoms. The molecule has 66 valence electrons. The van der Waals surface area contributed by atoms with Gasteiger partial charge in [-0.2, -0.15) is 0 Å². The predicted molar refractivity (Wildman–Crippen MR) is 52.8 cm³/mol. The van der Waals surface area contributed by atoms with Crippen molar-refractivity contribution in [1.82, 2.24) is 0 Å². The summed E-state index contributed by atoms with van der Waals surface area (Å²) in [7, 11) is 0. The molecular formula is C9H12BrNO. The molecule has 0 amide bonds. The number of hydrogen-bond donors (Lipinski definition) is 2. The van der Waals surface area contributed by atoms with E-state index in [1.54, 1.807) is 6.92 Å². The maximum absolute atomic E-state index is 9.55. The lowest BCUT2D eigenvalue weighted by Crippen LogP contribution is -2.24. The number of nitrogens with two attached hydrogens (primary N) is 1. The molecule has 1 aromatic rings. The molecule has 0 radical (unpaired) electrons. The molecule has 0 bridgehead atoms. The van der Waals surface area contributed by atoms with E-state index in [-0.39, 0.29) is 6.04 Å². The number of aliphatic hydroxyl groups is 1. The molecule has 0 aromatic heterocycles. The zero-order chi connectivity index (χ0) is 9.14. The molecule has 2 nitrogen and oxygen atoms in total. The third-order valence-electron chi connectivity index (χ3n) is 1.71. The van der Waals surface area contributed by atoms with Gasteiger partial charge in [0.15, 0.2) is 0 Å². The largest absolute Gasteiger partial charge is 0.387 e. The van der Waals surface area contributed by atoms with Crippen molar-refractivity contribution in [3.63, 3.8) is 0 Å². The zero-order valence-corrected chi connectivity index (χ0v) is 8.45. The molecule has 0 saturated carbocycles. The Labute approximate surface area is 80.5 Å². The van der Waals surface area contributed by atoms with E-state index in [4.69, 9.17) is 5.73 Å². The van der Waals surface area contributed by atoms with Gasteiger partial charge in [0.2, 0.25) is 0 Å². The second kappa shape index (κ2) is 4.03. The van der Waals surface area contributed by atoms with Gasteiger partial charge in [-0.1, -0.05) is 28.1 Å². The Morgan fingerprint density at radius 3 is 2.25 bits per heavy atom. The van der Waals surface area contributed by atoms with Crippen molar-refractivity contribution >= 4 is 15.9 Å². The highest BCUT2D eigenvalue weighted by molar-refractivity contribution is 9.10. The van der Waals surface area contributed by atoms with Crippen LogP contribution in [0.25, 0.3) is 0 Å². The Balaban J connectivity index is 2.82. The van der Waals surface area contributed by atoms with Gasteiger partial charge in [-0.05, 0) is 24.6 Å². The third-order valence-corrected chi connectivity index (χ3v) is 2.24. The second-order valence-corrected chi connectivity index (χ2v) is 3.77. The highest BCUT2D eigenvalue weighted by Gasteiger charge is 2.11. The van der Waals surface area contributed by atoms with Crippen molar-refractivity contribution in [2.45, 2.75) is 19.1 Å². The Bertz CT molecular complexity index is 245. The maximum Gasteiger partial charge on any atom is 0.0938 e. The summed E-state index contributed by atoms with van der Waals surface area (Å²) < 4.78 is 1.00. The summed E-state index contributed by atoms with van der Waals surface area (Å²) >= 11 is 3.32. The first-order valence-electron chi connectivity index (χ1n) is 3.80. The number of hydrogen-bond acceptors (Lipinski definition) is 2. The van der Waals surface area contributed by atoms with E-state index >= 15 is 0 Å². The highest BCUT2D eigenvalue weighted by atomic mass is 79.9. The zero-order valence-electron chi connectivity index (χ0n) is 6.87. The number of halogens is 1. The van der Waals surface area contributed by atoms with Crippen LogP contribution < -0.4 is 5.73 Å². The van der Waals surface area contributed by atoms with Crippen LogP contribution in [0.15, 0.2) is 28.7 Å². The van der Waals surface area contributed by atoms with Gasteiger partial charge in [-0.15, -0.1) is 0 Å². The fraction of sp³-hybridized carbons (Fsp3) is 0.333. The fourth-order valence-electron chi connectivity index (χ4n) is 0.964. The van der Waals surface area contributed by atoms with E-state index in [0.29, 0.717) is 0 Å². The Hall–Kier alpha value is -0.380. The minimum absolute atomic E-state index is 0.230. The molecule has 3 N–H and O–H groups in total. The van der Waals surface area contributed by atoms with Gasteiger partial charge >= 0.3 is 0 Å². The first-order chi connectivity index (χ1) is 5.61. The summed E-state index contributed by atoms with van der Waals surface area (Å²) in [4.78, 5) is 0. The molecule has 1 rings (SSSR count). The minimum Gasteiger partial charge on any atom is -0.387 e. The topological polar surface area (TPSA) is 46.2 Å². The number of aliphatic hydroxyl groups excluding tert-OH is 1. The first-order valence-corrected chi connectivity index (χ1v) is 4.59. The summed E-state index contributed by atoms with van der Waals surface area (Å²) in [6, 6.07) is 7.27. The molecule has 0 aliphatic rings. The smallest absolute Gasteiger partial charge is 0.0938 e. The standard InChI is InChI=1S/C9H12BrNO/c1-6(11)9(12)7-2-4-8(10)5-3-7/h2-6,9,12H,11H2,1H3/t6-,9+/m0/s1. The lowest BCUT2D eigenvalue weighted by molar-refractivity contribution is 0.153. The second-order valence-electron chi connectivity index (χ2n) is 2.86. The Morgan fingerprint density at radius 2 is 1.83 bits per heavy atom. The average Bonchev–Trinajstić information content (AvgIpc) is 2.04. The van der Waals surface area contributed by atoms with E-state index in [1.807, 2.05) is 24.3 Å². The van der Waals surface area contributed by atoms with Crippen molar-refractivity contribution in [3.8, 4) is 0 Å². The van der Waals surface area contributed by atoms with Crippen molar-refractivity contribution in [1.29, 1.82) is 0 Å². The molecule has 0 aliphatic carbocycles. The Morgan fingerprint density at radius 1 is 1.33 bits per heavy atom. The van der Waals surface area contributed by atoms with Gasteiger partial charge in [0, 0.05) is 10.5 Å². The van der Waals surface area contributed by atoms with Gasteiger partial charge in [-0.3, -0.25) is 0 Å². The Kier molecular flexibility index (Phi) is 3.26. The highest BCUT2D eigenvalue weighted by Crippen LogP contribution is 2.18. The lowest BCUT2D eigenvalue weighted by atomic mass is 10.0. The monoisotopic (exact) mass is 229 g/mol. The fourth-order valence-corrected chi connectivity index (χ4v) is 1.23. The van der Waals surface area contributed by atoms with Crippen LogP contribution in [0.3, 0.4) is 0 Å². The van der Waals surface area contributed by atoms with E-state index < -0.39 is 6.10 Å². The molecular weight excluding hydrogens is 218 g/mol. The molecule has 0 unspecified atom stereocenters. The van der Waals surface area contributed by atoms with Crippen LogP contribution >= 0.6 is 15.9 Å². The molecule has 0 aliphatic heterocycles. The molecule has 12 heavy (non-hydrogen) atoms. The van der Waals surface area contributed by atoms with Crippen LogP contribution in [0.1, 0.15) is 18.6 Å². The van der Waals surface area contributed by atoms with Crippen LogP contribution in [0.4, 0.5) is 0 Å². The first kappa shape index (κ1) is 9.71. The number of rotatable bonds is 2. The normalized spacial score (nSPS) is 15.7. The average molecular weight is 230 g/mol. The van der Waals surface area contributed by atoms with E-state index in [0.717, 1.165) is 10.0 Å². The van der Waals surface area contributed by atoms with Gasteiger partial charge in [0.1, 0.15) is 0 Å². The SMILES string of the molecule is C[C@H](N)[C@@H](O)c1ccc(Br)cc1. The molecule has 1 aromatic carbocycles. The van der Waals surface area contributed by atoms with E-state index in [9.17, 15) is 5.11 Å². The van der Waals surface area contributed by atoms with E-state index in [2.05, 4.69) is 15.9 Å². The summed E-state index contributed by atoms with van der Waals surface area (Å²) in [6.45, 7) is 1.78. The van der Waals surface area contributed by atoms with Crippen LogP contribution in [0, 0.1) is 0 Å². The summed E-state index contributed by atoms with van der Waals surface area (Å²) in [5.41, 5.74) is 6.40. The van der Waals surface area contributed by atoms with Gasteiger partial charge < -0.3 is 10.8 Å². The van der Waals surface area contributed by atoms with Crippen molar-refractivity contribution in [2.75, 3.05) is 0 Å².